The van der Waals surface area contributed by atoms with Gasteiger partial charge in [-0.1, -0.05) is 62.2 Å². The minimum absolute atomic E-state index is 0.0331. The van der Waals surface area contributed by atoms with Gasteiger partial charge >= 0.3 is 0 Å². The minimum Gasteiger partial charge on any atom is -0.484 e. The van der Waals surface area contributed by atoms with Gasteiger partial charge in [0.2, 0.25) is 5.91 Å². The predicted octanol–water partition coefficient (Wildman–Crippen LogP) is 5.83. The summed E-state index contributed by atoms with van der Waals surface area (Å²) in [7, 11) is 0. The van der Waals surface area contributed by atoms with E-state index in [1.165, 1.54) is 5.56 Å². The van der Waals surface area contributed by atoms with Gasteiger partial charge in [0.05, 0.1) is 10.0 Å². The summed E-state index contributed by atoms with van der Waals surface area (Å²) in [5.41, 5.74) is 1.98. The number of nitrogens with zero attached hydrogens (tertiary/aromatic N) is 1. The number of hydrogen-bond acceptors (Lipinski definition) is 3. The maximum absolute atomic E-state index is 13.2. The van der Waals surface area contributed by atoms with E-state index in [0.29, 0.717) is 28.1 Å². The highest BCUT2D eigenvalue weighted by molar-refractivity contribution is 6.42. The van der Waals surface area contributed by atoms with Crippen LogP contribution in [0.15, 0.2) is 42.5 Å². The average molecular weight is 479 g/mol. The summed E-state index contributed by atoms with van der Waals surface area (Å²) in [6, 6.07) is 12.2. The van der Waals surface area contributed by atoms with Crippen molar-refractivity contribution in [1.29, 1.82) is 0 Å². The molecule has 0 fully saturated rings. The molecule has 2 aromatic rings. The quantitative estimate of drug-likeness (QED) is 0.467. The van der Waals surface area contributed by atoms with Crippen molar-refractivity contribution in [1.82, 2.24) is 10.2 Å². The molecule has 0 aliphatic heterocycles. The van der Waals surface area contributed by atoms with Crippen LogP contribution in [-0.2, 0) is 16.1 Å². The van der Waals surface area contributed by atoms with E-state index >= 15 is 0 Å². The largest absolute Gasteiger partial charge is 0.484 e. The first-order chi connectivity index (χ1) is 15.1. The Kier molecular flexibility index (Phi) is 9.85. The maximum Gasteiger partial charge on any atom is 0.261 e. The van der Waals surface area contributed by atoms with Crippen molar-refractivity contribution in [3.63, 3.8) is 0 Å². The van der Waals surface area contributed by atoms with Crippen LogP contribution in [0.4, 0.5) is 0 Å². The third-order valence-corrected chi connectivity index (χ3v) is 5.80. The van der Waals surface area contributed by atoms with Crippen LogP contribution in [0.2, 0.25) is 10.0 Å². The van der Waals surface area contributed by atoms with E-state index in [1.807, 2.05) is 45.0 Å². The summed E-state index contributed by atoms with van der Waals surface area (Å²) in [4.78, 5) is 27.6. The van der Waals surface area contributed by atoms with Gasteiger partial charge in [0.15, 0.2) is 6.61 Å². The highest BCUT2D eigenvalue weighted by Crippen LogP contribution is 2.24. The van der Waals surface area contributed by atoms with Crippen LogP contribution < -0.4 is 10.1 Å². The smallest absolute Gasteiger partial charge is 0.261 e. The molecule has 0 unspecified atom stereocenters. The second-order valence-corrected chi connectivity index (χ2v) is 9.18. The molecule has 0 aromatic heterocycles. The normalized spacial score (nSPS) is 12.0. The number of benzene rings is 2. The molecule has 2 rings (SSSR count). The second kappa shape index (κ2) is 12.1. The molecule has 0 saturated heterocycles. The lowest BCUT2D eigenvalue weighted by atomic mass is 10.0. The Bertz CT molecular complexity index is 914. The fourth-order valence-electron chi connectivity index (χ4n) is 3.31. The Balaban J connectivity index is 2.21. The molecule has 1 N–H and O–H groups in total. The number of ether oxygens (including phenoxy) is 1. The Hall–Kier alpha value is -2.24. The van der Waals surface area contributed by atoms with E-state index in [-0.39, 0.29) is 31.0 Å². The zero-order valence-electron chi connectivity index (χ0n) is 19.3. The molecular weight excluding hydrogens is 447 g/mol. The van der Waals surface area contributed by atoms with E-state index in [1.54, 1.807) is 23.1 Å². The highest BCUT2D eigenvalue weighted by atomic mass is 35.5. The van der Waals surface area contributed by atoms with Crippen molar-refractivity contribution in [2.24, 2.45) is 0 Å². The van der Waals surface area contributed by atoms with E-state index in [9.17, 15) is 9.59 Å². The Morgan fingerprint density at radius 2 is 1.66 bits per heavy atom. The summed E-state index contributed by atoms with van der Waals surface area (Å²) in [6.07, 6.45) is 0.467. The maximum atomic E-state index is 13.2. The Morgan fingerprint density at radius 3 is 2.19 bits per heavy atom. The van der Waals surface area contributed by atoms with E-state index in [4.69, 9.17) is 27.9 Å². The number of amides is 2. The van der Waals surface area contributed by atoms with Gasteiger partial charge in [-0.2, -0.15) is 0 Å². The van der Waals surface area contributed by atoms with Crippen molar-refractivity contribution in [2.75, 3.05) is 6.61 Å². The lowest BCUT2D eigenvalue weighted by molar-refractivity contribution is -0.143. The van der Waals surface area contributed by atoms with Crippen LogP contribution >= 0.6 is 23.2 Å². The van der Waals surface area contributed by atoms with Gasteiger partial charge in [-0.05, 0) is 61.6 Å². The molecule has 7 heteroatoms. The SMILES string of the molecule is CC[C@@H](C(=O)NC(C)C)N(Cc1ccc(Cl)c(Cl)c1)C(=O)COc1ccc(C(C)C)cc1. The number of hydrogen-bond donors (Lipinski definition) is 1. The molecule has 5 nitrogen and oxygen atoms in total. The van der Waals surface area contributed by atoms with Gasteiger partial charge in [0, 0.05) is 12.6 Å². The molecule has 32 heavy (non-hydrogen) atoms. The molecule has 174 valence electrons. The van der Waals surface area contributed by atoms with Crippen LogP contribution in [0, 0.1) is 0 Å². The average Bonchev–Trinajstić information content (AvgIpc) is 2.74. The molecule has 2 amide bonds. The fraction of sp³-hybridized carbons (Fsp3) is 0.440. The van der Waals surface area contributed by atoms with Crippen molar-refractivity contribution < 1.29 is 14.3 Å². The summed E-state index contributed by atoms with van der Waals surface area (Å²) >= 11 is 12.2. The second-order valence-electron chi connectivity index (χ2n) is 8.37. The Morgan fingerprint density at radius 1 is 1.00 bits per heavy atom. The number of rotatable bonds is 10. The third kappa shape index (κ3) is 7.42. The van der Waals surface area contributed by atoms with E-state index in [2.05, 4.69) is 19.2 Å². The van der Waals surface area contributed by atoms with Crippen molar-refractivity contribution in [2.45, 2.75) is 65.6 Å². The van der Waals surface area contributed by atoms with Gasteiger partial charge in [0.1, 0.15) is 11.8 Å². The van der Waals surface area contributed by atoms with Crippen LogP contribution in [0.5, 0.6) is 5.75 Å². The van der Waals surface area contributed by atoms with Crippen molar-refractivity contribution in [3.05, 3.63) is 63.6 Å². The molecule has 0 bridgehead atoms. The van der Waals surface area contributed by atoms with Gasteiger partial charge in [-0.25, -0.2) is 0 Å². The van der Waals surface area contributed by atoms with Gasteiger partial charge in [-0.15, -0.1) is 0 Å². The zero-order chi connectivity index (χ0) is 23.8. The Labute approximate surface area is 201 Å². The summed E-state index contributed by atoms with van der Waals surface area (Å²) < 4.78 is 5.75. The van der Waals surface area contributed by atoms with Crippen LogP contribution in [0.3, 0.4) is 0 Å². The number of nitrogens with one attached hydrogen (secondary N) is 1. The van der Waals surface area contributed by atoms with Gasteiger partial charge in [-0.3, -0.25) is 9.59 Å². The summed E-state index contributed by atoms with van der Waals surface area (Å²) in [5.74, 6) is 0.543. The molecule has 1 atom stereocenters. The van der Waals surface area contributed by atoms with E-state index < -0.39 is 6.04 Å². The fourth-order valence-corrected chi connectivity index (χ4v) is 3.63. The predicted molar refractivity (Wildman–Crippen MR) is 130 cm³/mol. The third-order valence-electron chi connectivity index (χ3n) is 5.06. The standard InChI is InChI=1S/C25H32Cl2N2O3/c1-6-23(25(31)28-17(4)5)29(14-18-7-12-21(26)22(27)13-18)24(30)15-32-20-10-8-19(9-11-20)16(2)3/h7-13,16-17,23H,6,14-15H2,1-5H3,(H,28,31)/t23-/m0/s1. The number of halogens is 2. The van der Waals surface area contributed by atoms with Crippen molar-refractivity contribution in [3.8, 4) is 5.75 Å². The summed E-state index contributed by atoms with van der Waals surface area (Å²) in [6.45, 7) is 9.94. The molecule has 0 spiro atoms. The minimum atomic E-state index is -0.633. The van der Waals surface area contributed by atoms with Crippen molar-refractivity contribution >= 4 is 35.0 Å². The summed E-state index contributed by atoms with van der Waals surface area (Å²) in [5, 5.41) is 3.74. The molecule has 0 heterocycles. The first-order valence-electron chi connectivity index (χ1n) is 10.9. The van der Waals surface area contributed by atoms with Crippen LogP contribution in [-0.4, -0.2) is 35.4 Å². The number of carbonyl (C=O) groups is 2. The molecule has 2 aromatic carbocycles. The molecule has 0 saturated carbocycles. The monoisotopic (exact) mass is 478 g/mol. The lowest BCUT2D eigenvalue weighted by Gasteiger charge is -2.31. The topological polar surface area (TPSA) is 58.6 Å². The van der Waals surface area contributed by atoms with Crippen LogP contribution in [0.25, 0.3) is 0 Å². The van der Waals surface area contributed by atoms with Gasteiger partial charge in [0.25, 0.3) is 5.91 Å². The molecule has 0 aliphatic rings. The molecular formula is C25H32Cl2N2O3. The lowest BCUT2D eigenvalue weighted by Crippen LogP contribution is -2.51. The van der Waals surface area contributed by atoms with Crippen LogP contribution in [0.1, 0.15) is 58.1 Å². The highest BCUT2D eigenvalue weighted by Gasteiger charge is 2.29. The first-order valence-corrected chi connectivity index (χ1v) is 11.6. The first kappa shape index (κ1) is 26.0. The van der Waals surface area contributed by atoms with E-state index in [0.717, 1.165) is 5.56 Å². The van der Waals surface area contributed by atoms with Gasteiger partial charge < -0.3 is 15.0 Å². The number of carbonyl (C=O) groups excluding carboxylic acids is 2. The molecule has 0 radical (unpaired) electrons. The molecule has 0 aliphatic carbocycles. The zero-order valence-corrected chi connectivity index (χ0v) is 20.8.